The molecule has 2 N–H and O–H groups in total. The molecule has 114 valence electrons. The zero-order chi connectivity index (χ0) is 16.3. The van der Waals surface area contributed by atoms with Crippen LogP contribution in [-0.4, -0.2) is 20.6 Å². The Balaban J connectivity index is 2.08. The number of imidazole rings is 1. The van der Waals surface area contributed by atoms with Gasteiger partial charge in [-0.25, -0.2) is 9.36 Å². The number of nitrogens with zero attached hydrogens (tertiary/aromatic N) is 1. The summed E-state index contributed by atoms with van der Waals surface area (Å²) in [5.74, 6) is -0.380. The number of carbonyl (C=O) groups is 1. The SMILES string of the molecule is Cc1cc(O)c(-c2[nH]c(=O)n3c2-c2ccccc2C3=O)cc1Cl. The van der Waals surface area contributed by atoms with Gasteiger partial charge in [0.15, 0.2) is 0 Å². The van der Waals surface area contributed by atoms with E-state index in [4.69, 9.17) is 11.6 Å². The number of aryl methyl sites for hydroxylation is 1. The molecule has 2 aromatic carbocycles. The number of phenols is 1. The topological polar surface area (TPSA) is 75.1 Å². The molecule has 5 nitrogen and oxygen atoms in total. The van der Waals surface area contributed by atoms with Crippen molar-refractivity contribution in [1.29, 1.82) is 0 Å². The third-order valence-electron chi connectivity index (χ3n) is 4.06. The number of nitrogens with one attached hydrogen (secondary N) is 1. The van der Waals surface area contributed by atoms with Crippen molar-refractivity contribution in [3.63, 3.8) is 0 Å². The van der Waals surface area contributed by atoms with Gasteiger partial charge in [0.1, 0.15) is 5.75 Å². The highest BCUT2D eigenvalue weighted by atomic mass is 35.5. The van der Waals surface area contributed by atoms with Crippen LogP contribution in [0.5, 0.6) is 5.75 Å². The summed E-state index contributed by atoms with van der Waals surface area (Å²) >= 11 is 6.15. The standard InChI is InChI=1S/C17H11ClN2O3/c1-8-6-13(21)11(7-12(8)18)14-15-9-4-2-3-5-10(9)16(22)20(15)17(23)19-14/h2-7,21H,1H3,(H,19,23). The monoisotopic (exact) mass is 326 g/mol. The van der Waals surface area contributed by atoms with Crippen molar-refractivity contribution in [2.45, 2.75) is 6.92 Å². The van der Waals surface area contributed by atoms with Crippen LogP contribution in [0.25, 0.3) is 22.5 Å². The number of carbonyl (C=O) groups excluding carboxylic acids is 1. The second-order valence-electron chi connectivity index (χ2n) is 5.46. The Morgan fingerprint density at radius 2 is 1.78 bits per heavy atom. The minimum atomic E-state index is -0.535. The number of rotatable bonds is 1. The Morgan fingerprint density at radius 1 is 1.09 bits per heavy atom. The number of halogens is 1. The number of fused-ring (bicyclic) bond motifs is 3. The summed E-state index contributed by atoms with van der Waals surface area (Å²) in [7, 11) is 0. The van der Waals surface area contributed by atoms with Gasteiger partial charge in [-0.1, -0.05) is 29.8 Å². The molecule has 0 spiro atoms. The van der Waals surface area contributed by atoms with Crippen LogP contribution in [0.4, 0.5) is 0 Å². The maximum Gasteiger partial charge on any atom is 0.333 e. The molecule has 0 fully saturated rings. The minimum Gasteiger partial charge on any atom is -0.507 e. The van der Waals surface area contributed by atoms with Crippen molar-refractivity contribution < 1.29 is 9.90 Å². The lowest BCUT2D eigenvalue weighted by atomic mass is 10.0. The quantitative estimate of drug-likeness (QED) is 0.564. The van der Waals surface area contributed by atoms with Crippen molar-refractivity contribution in [1.82, 2.24) is 9.55 Å². The largest absolute Gasteiger partial charge is 0.507 e. The van der Waals surface area contributed by atoms with E-state index < -0.39 is 5.69 Å². The number of aromatic hydroxyl groups is 1. The van der Waals surface area contributed by atoms with Gasteiger partial charge in [-0.15, -0.1) is 0 Å². The second-order valence-corrected chi connectivity index (χ2v) is 5.87. The molecule has 0 saturated carbocycles. The number of phenolic OH excluding ortho intramolecular Hbond substituents is 1. The molecule has 0 radical (unpaired) electrons. The average Bonchev–Trinajstić information content (AvgIpc) is 3.01. The van der Waals surface area contributed by atoms with Crippen LogP contribution >= 0.6 is 11.6 Å². The summed E-state index contributed by atoms with van der Waals surface area (Å²) in [6, 6.07) is 10.1. The van der Waals surface area contributed by atoms with Gasteiger partial charge in [-0.2, -0.15) is 0 Å². The maximum absolute atomic E-state index is 12.4. The fraction of sp³-hybridized carbons (Fsp3) is 0.0588. The summed E-state index contributed by atoms with van der Waals surface area (Å²) in [5.41, 5.74) is 2.53. The predicted octanol–water partition coefficient (Wildman–Crippen LogP) is 3.18. The van der Waals surface area contributed by atoms with E-state index in [1.165, 1.54) is 6.07 Å². The van der Waals surface area contributed by atoms with E-state index in [0.717, 1.165) is 10.1 Å². The molecule has 0 atom stereocenters. The molecule has 4 rings (SSSR count). The first-order valence-corrected chi connectivity index (χ1v) is 7.35. The Kier molecular flexibility index (Phi) is 2.77. The van der Waals surface area contributed by atoms with Crippen LogP contribution in [0.3, 0.4) is 0 Å². The van der Waals surface area contributed by atoms with E-state index in [1.807, 2.05) is 0 Å². The van der Waals surface area contributed by atoms with Crippen molar-refractivity contribution in [2.75, 3.05) is 0 Å². The molecule has 0 unspecified atom stereocenters. The summed E-state index contributed by atoms with van der Waals surface area (Å²) in [4.78, 5) is 27.3. The van der Waals surface area contributed by atoms with E-state index in [0.29, 0.717) is 33.1 Å². The van der Waals surface area contributed by atoms with Gasteiger partial charge < -0.3 is 10.1 Å². The van der Waals surface area contributed by atoms with E-state index >= 15 is 0 Å². The molecular formula is C17H11ClN2O3. The highest BCUT2D eigenvalue weighted by molar-refractivity contribution is 6.31. The highest BCUT2D eigenvalue weighted by Gasteiger charge is 2.32. The van der Waals surface area contributed by atoms with E-state index in [-0.39, 0.29) is 11.7 Å². The maximum atomic E-state index is 12.4. The van der Waals surface area contributed by atoms with Crippen molar-refractivity contribution >= 4 is 17.5 Å². The Bertz CT molecular complexity index is 1050. The van der Waals surface area contributed by atoms with Gasteiger partial charge in [-0.05, 0) is 30.7 Å². The smallest absolute Gasteiger partial charge is 0.333 e. The van der Waals surface area contributed by atoms with Gasteiger partial charge in [0, 0.05) is 21.7 Å². The minimum absolute atomic E-state index is 0.00613. The first-order valence-electron chi connectivity index (χ1n) is 6.97. The number of hydrogen-bond donors (Lipinski definition) is 2. The number of aromatic amines is 1. The van der Waals surface area contributed by atoms with Crippen LogP contribution < -0.4 is 5.69 Å². The number of hydrogen-bond acceptors (Lipinski definition) is 3. The Morgan fingerprint density at radius 3 is 2.52 bits per heavy atom. The van der Waals surface area contributed by atoms with Gasteiger partial charge >= 0.3 is 5.69 Å². The molecule has 0 aliphatic carbocycles. The lowest BCUT2D eigenvalue weighted by Gasteiger charge is -2.08. The first-order chi connectivity index (χ1) is 11.0. The fourth-order valence-electron chi connectivity index (χ4n) is 2.94. The van der Waals surface area contributed by atoms with Crippen LogP contribution in [0.1, 0.15) is 15.9 Å². The number of aromatic nitrogens is 2. The second kappa shape index (κ2) is 4.60. The highest BCUT2D eigenvalue weighted by Crippen LogP contribution is 2.41. The predicted molar refractivity (Wildman–Crippen MR) is 87.1 cm³/mol. The van der Waals surface area contributed by atoms with Crippen LogP contribution in [0, 0.1) is 6.92 Å². The molecule has 0 amide bonds. The molecule has 23 heavy (non-hydrogen) atoms. The molecular weight excluding hydrogens is 316 g/mol. The molecule has 2 heterocycles. The van der Waals surface area contributed by atoms with Crippen molar-refractivity contribution in [2.24, 2.45) is 0 Å². The van der Waals surface area contributed by atoms with E-state index in [9.17, 15) is 14.7 Å². The third kappa shape index (κ3) is 1.80. The van der Waals surface area contributed by atoms with Gasteiger partial charge in [0.25, 0.3) is 5.91 Å². The van der Waals surface area contributed by atoms with Crippen LogP contribution in [0.15, 0.2) is 41.2 Å². The fourth-order valence-corrected chi connectivity index (χ4v) is 3.11. The number of H-pyrrole nitrogens is 1. The summed E-state index contributed by atoms with van der Waals surface area (Å²) in [6.07, 6.45) is 0. The first kappa shape index (κ1) is 13.8. The molecule has 0 saturated heterocycles. The van der Waals surface area contributed by atoms with E-state index in [1.54, 1.807) is 37.3 Å². The van der Waals surface area contributed by atoms with Crippen molar-refractivity contribution in [3.8, 4) is 28.3 Å². The lowest BCUT2D eigenvalue weighted by Crippen LogP contribution is -2.21. The third-order valence-corrected chi connectivity index (χ3v) is 4.46. The molecule has 1 aliphatic rings. The summed E-state index contributed by atoms with van der Waals surface area (Å²) < 4.78 is 1.09. The van der Waals surface area contributed by atoms with Crippen molar-refractivity contribution in [3.05, 3.63) is 63.0 Å². The van der Waals surface area contributed by atoms with Gasteiger partial charge in [-0.3, -0.25) is 4.79 Å². The summed E-state index contributed by atoms with van der Waals surface area (Å²) in [5, 5.41) is 10.7. The molecule has 0 bridgehead atoms. The van der Waals surface area contributed by atoms with Crippen LogP contribution in [0.2, 0.25) is 5.02 Å². The molecule has 1 aliphatic heterocycles. The Hall–Kier alpha value is -2.79. The average molecular weight is 327 g/mol. The Labute approximate surface area is 135 Å². The molecule has 6 heteroatoms. The zero-order valence-corrected chi connectivity index (χ0v) is 12.8. The number of benzene rings is 2. The lowest BCUT2D eigenvalue weighted by molar-refractivity contribution is 0.0965. The van der Waals surface area contributed by atoms with Crippen LogP contribution in [-0.2, 0) is 0 Å². The molecule has 3 aromatic rings. The van der Waals surface area contributed by atoms with E-state index in [2.05, 4.69) is 4.98 Å². The normalized spacial score (nSPS) is 12.3. The van der Waals surface area contributed by atoms with Gasteiger partial charge in [0.2, 0.25) is 0 Å². The zero-order valence-electron chi connectivity index (χ0n) is 12.1. The summed E-state index contributed by atoms with van der Waals surface area (Å²) in [6.45, 7) is 1.78. The molecule has 1 aromatic heterocycles. The van der Waals surface area contributed by atoms with Gasteiger partial charge in [0.05, 0.1) is 11.4 Å².